The minimum atomic E-state index is -0.371. The number of ether oxygens (including phenoxy) is 3. The molecule has 0 radical (unpaired) electrons. The van der Waals surface area contributed by atoms with E-state index in [-0.39, 0.29) is 30.4 Å². The fourth-order valence-corrected chi connectivity index (χ4v) is 7.01. The smallest absolute Gasteiger partial charge is 0.337 e. The van der Waals surface area contributed by atoms with E-state index in [0.29, 0.717) is 63.6 Å². The van der Waals surface area contributed by atoms with E-state index < -0.39 is 0 Å². The van der Waals surface area contributed by atoms with Crippen molar-refractivity contribution >= 4 is 35.2 Å². The molecule has 14 nitrogen and oxygen atoms in total. The number of Topliss-reactive ketones (excluding diaryl/α,β-unsaturated/α-hetero) is 1. The highest BCUT2D eigenvalue weighted by atomic mass is 16.5. The zero-order chi connectivity index (χ0) is 42.7. The molecule has 6 rings (SSSR count). The highest BCUT2D eigenvalue weighted by Gasteiger charge is 2.28. The van der Waals surface area contributed by atoms with Gasteiger partial charge in [0, 0.05) is 96.6 Å². The monoisotopic (exact) mass is 821 g/mol. The Bertz CT molecular complexity index is 1780. The van der Waals surface area contributed by atoms with Gasteiger partial charge in [-0.15, -0.1) is 0 Å². The first-order chi connectivity index (χ1) is 29.2. The number of methoxy groups -OCH3 is 3. The van der Waals surface area contributed by atoms with E-state index in [4.69, 9.17) is 19.9 Å². The molecule has 2 saturated heterocycles. The number of benzene rings is 4. The number of esters is 1. The Morgan fingerprint density at radius 1 is 0.533 bits per heavy atom. The van der Waals surface area contributed by atoms with Gasteiger partial charge in [0.2, 0.25) is 0 Å². The molecule has 2 fully saturated rings. The Balaban J connectivity index is 0.000000228. The second kappa shape index (κ2) is 23.8. The van der Waals surface area contributed by atoms with E-state index >= 15 is 0 Å². The molecule has 4 aromatic rings. The fourth-order valence-electron chi connectivity index (χ4n) is 7.01. The Kier molecular flexibility index (Phi) is 18.0. The summed E-state index contributed by atoms with van der Waals surface area (Å²) < 4.78 is 15.1. The summed E-state index contributed by atoms with van der Waals surface area (Å²) >= 11 is 0. The lowest BCUT2D eigenvalue weighted by Gasteiger charge is -2.37. The molecule has 2 N–H and O–H groups in total. The van der Waals surface area contributed by atoms with Crippen LogP contribution in [0, 0.1) is 0 Å². The van der Waals surface area contributed by atoms with Crippen molar-refractivity contribution in [2.45, 2.75) is 13.1 Å². The van der Waals surface area contributed by atoms with Gasteiger partial charge in [0.25, 0.3) is 0 Å². The van der Waals surface area contributed by atoms with Crippen LogP contribution in [0.4, 0.5) is 21.0 Å². The summed E-state index contributed by atoms with van der Waals surface area (Å²) in [5.41, 5.74) is 10.1. The van der Waals surface area contributed by atoms with Crippen molar-refractivity contribution in [3.05, 3.63) is 131 Å². The Labute approximate surface area is 354 Å². The third kappa shape index (κ3) is 13.2. The first kappa shape index (κ1) is 45.4. The van der Waals surface area contributed by atoms with Gasteiger partial charge in [0.1, 0.15) is 0 Å². The first-order valence-electron chi connectivity index (χ1n) is 20.4. The maximum absolute atomic E-state index is 13.4. The fraction of sp³-hybridized carbons (Fsp3) is 0.391. The summed E-state index contributed by atoms with van der Waals surface area (Å²) in [4.78, 5) is 62.2. The lowest BCUT2D eigenvalue weighted by Crippen LogP contribution is -2.53. The molecule has 0 saturated carbocycles. The van der Waals surface area contributed by atoms with E-state index in [9.17, 15) is 19.2 Å². The summed E-state index contributed by atoms with van der Waals surface area (Å²) in [5.74, 6) is -0.465. The lowest BCUT2D eigenvalue weighted by atomic mass is 10.1. The number of piperazine rings is 2. The number of ketones is 1. The van der Waals surface area contributed by atoms with Gasteiger partial charge in [-0.1, -0.05) is 72.8 Å². The number of rotatable bonds is 15. The van der Waals surface area contributed by atoms with E-state index in [2.05, 4.69) is 9.80 Å². The molecule has 0 atom stereocenters. The Morgan fingerprint density at radius 3 is 1.27 bits per heavy atom. The van der Waals surface area contributed by atoms with Crippen molar-refractivity contribution in [3.63, 3.8) is 0 Å². The van der Waals surface area contributed by atoms with Crippen LogP contribution in [-0.2, 0) is 27.3 Å². The first-order valence-corrected chi connectivity index (χ1v) is 20.4. The normalized spacial score (nSPS) is 14.5. The molecular weight excluding hydrogens is 763 g/mol. The van der Waals surface area contributed by atoms with Crippen LogP contribution in [0.2, 0.25) is 0 Å². The molecular formula is C46H59N7O7. The number of amides is 4. The molecule has 14 heteroatoms. The SMILES string of the molecule is COCCN1CCN(C(=O)N(Cc2ccc(C(=O)CN)cc2)c2ccccc2)CC1.COCCN1CCN(C(=O)N(Cc2ccc(C(=O)OC)cc2)c2ccccc2)CC1. The topological polar surface area (TPSA) is 141 Å². The number of nitrogens with two attached hydrogens (primary N) is 1. The van der Waals surface area contributed by atoms with Crippen molar-refractivity contribution in [1.29, 1.82) is 0 Å². The summed E-state index contributed by atoms with van der Waals surface area (Å²) in [5, 5.41) is 0. The van der Waals surface area contributed by atoms with Crippen LogP contribution in [0.15, 0.2) is 109 Å². The molecule has 0 bridgehead atoms. The highest BCUT2D eigenvalue weighted by Crippen LogP contribution is 2.22. The largest absolute Gasteiger partial charge is 0.465 e. The maximum atomic E-state index is 13.4. The average molecular weight is 822 g/mol. The molecule has 0 spiro atoms. The van der Waals surface area contributed by atoms with Crippen molar-refractivity contribution in [3.8, 4) is 0 Å². The van der Waals surface area contributed by atoms with Gasteiger partial charge in [-0.2, -0.15) is 0 Å². The minimum Gasteiger partial charge on any atom is -0.465 e. The molecule has 0 aliphatic carbocycles. The standard InChI is InChI=1S/C23H30N4O3.C23H29N3O4/c1-30-16-15-25-11-13-26(14-12-25)23(29)27(21-5-3-2-4-6-21)18-19-7-9-20(10-8-19)22(28)17-24;1-29-17-16-24-12-14-25(15-13-24)23(28)26(21-6-4-3-5-7-21)18-19-8-10-20(11-9-19)22(27)30-2/h2-10H,11-18,24H2,1H3;3-11H,12-18H2,1-2H3. The molecule has 0 unspecified atom stereocenters. The summed E-state index contributed by atoms with van der Waals surface area (Å²) in [6, 6.07) is 33.8. The van der Waals surface area contributed by atoms with Gasteiger partial charge >= 0.3 is 18.0 Å². The molecule has 4 aromatic carbocycles. The summed E-state index contributed by atoms with van der Waals surface area (Å²) in [7, 11) is 4.77. The second-order valence-electron chi connectivity index (χ2n) is 14.6. The van der Waals surface area contributed by atoms with E-state index in [0.717, 1.165) is 61.8 Å². The number of hydrogen-bond acceptors (Lipinski definition) is 10. The van der Waals surface area contributed by atoms with Crippen molar-refractivity contribution in [2.75, 3.05) is 116 Å². The quantitative estimate of drug-likeness (QED) is 0.128. The van der Waals surface area contributed by atoms with Gasteiger partial charge in [-0.3, -0.25) is 24.4 Å². The Morgan fingerprint density at radius 2 is 0.917 bits per heavy atom. The van der Waals surface area contributed by atoms with Crippen molar-refractivity contribution in [2.24, 2.45) is 5.73 Å². The van der Waals surface area contributed by atoms with E-state index in [1.165, 1.54) is 7.11 Å². The number of carbonyl (C=O) groups is 4. The lowest BCUT2D eigenvalue weighted by molar-refractivity contribution is 0.0600. The molecule has 2 aliphatic rings. The van der Waals surface area contributed by atoms with Crippen LogP contribution in [0.25, 0.3) is 0 Å². The van der Waals surface area contributed by atoms with E-state index in [1.807, 2.05) is 94.7 Å². The van der Waals surface area contributed by atoms with Crippen LogP contribution in [0.3, 0.4) is 0 Å². The molecule has 60 heavy (non-hydrogen) atoms. The number of anilines is 2. The predicted molar refractivity (Wildman–Crippen MR) is 233 cm³/mol. The number of nitrogens with zero attached hydrogens (tertiary/aromatic N) is 6. The average Bonchev–Trinajstić information content (AvgIpc) is 3.31. The van der Waals surface area contributed by atoms with Gasteiger partial charge in [-0.05, 0) is 47.5 Å². The summed E-state index contributed by atoms with van der Waals surface area (Å²) in [6.07, 6.45) is 0. The molecule has 320 valence electrons. The number of carbonyl (C=O) groups excluding carboxylic acids is 4. The van der Waals surface area contributed by atoms with Crippen molar-refractivity contribution in [1.82, 2.24) is 19.6 Å². The zero-order valence-electron chi connectivity index (χ0n) is 35.1. The third-order valence-electron chi connectivity index (χ3n) is 10.6. The van der Waals surface area contributed by atoms with Crippen LogP contribution in [-0.4, -0.2) is 150 Å². The maximum Gasteiger partial charge on any atom is 0.337 e. The van der Waals surface area contributed by atoms with E-state index in [1.54, 1.807) is 48.3 Å². The minimum absolute atomic E-state index is 0.00490. The van der Waals surface area contributed by atoms with Crippen LogP contribution in [0.5, 0.6) is 0 Å². The molecule has 2 heterocycles. The van der Waals surface area contributed by atoms with Crippen LogP contribution >= 0.6 is 0 Å². The van der Waals surface area contributed by atoms with Gasteiger partial charge < -0.3 is 29.7 Å². The predicted octanol–water partition coefficient (Wildman–Crippen LogP) is 5.08. The Hall–Kier alpha value is -5.64. The van der Waals surface area contributed by atoms with Crippen LogP contribution < -0.4 is 15.5 Å². The highest BCUT2D eigenvalue weighted by molar-refractivity contribution is 5.97. The number of urea groups is 2. The number of hydrogen-bond donors (Lipinski definition) is 1. The van der Waals surface area contributed by atoms with Gasteiger partial charge in [0.15, 0.2) is 5.78 Å². The second-order valence-corrected chi connectivity index (χ2v) is 14.6. The molecule has 0 aromatic heterocycles. The van der Waals surface area contributed by atoms with Crippen LogP contribution in [0.1, 0.15) is 31.8 Å². The third-order valence-corrected chi connectivity index (χ3v) is 10.6. The number of para-hydroxylation sites is 2. The van der Waals surface area contributed by atoms with Crippen molar-refractivity contribution < 1.29 is 33.4 Å². The molecule has 4 amide bonds. The zero-order valence-corrected chi connectivity index (χ0v) is 35.1. The van der Waals surface area contributed by atoms with Gasteiger partial charge in [-0.25, -0.2) is 14.4 Å². The summed E-state index contributed by atoms with van der Waals surface area (Å²) in [6.45, 7) is 10.1. The molecule has 2 aliphatic heterocycles. The van der Waals surface area contributed by atoms with Gasteiger partial charge in [0.05, 0.1) is 45.5 Å².